The zero-order valence-electron chi connectivity index (χ0n) is 16.4. The number of nitrogens with one attached hydrogen (secondary N) is 2. The summed E-state index contributed by atoms with van der Waals surface area (Å²) in [5.41, 5.74) is 5.76. The lowest BCUT2D eigenvalue weighted by Gasteiger charge is -2.37. The molecule has 0 spiro atoms. The quantitative estimate of drug-likeness (QED) is 0.745. The highest BCUT2D eigenvalue weighted by molar-refractivity contribution is 5.79. The molecule has 2 aromatic rings. The summed E-state index contributed by atoms with van der Waals surface area (Å²) >= 11 is 0. The number of benzene rings is 2. The molecule has 2 aliphatic rings. The van der Waals surface area contributed by atoms with Crippen LogP contribution in [0.25, 0.3) is 0 Å². The molecule has 0 bridgehead atoms. The molecule has 148 valence electrons. The number of anilines is 1. The Hall–Kier alpha value is -2.37. The molecule has 4 atom stereocenters. The van der Waals surface area contributed by atoms with E-state index in [1.807, 2.05) is 6.07 Å². The van der Waals surface area contributed by atoms with Gasteiger partial charge in [-0.15, -0.1) is 0 Å². The predicted molar refractivity (Wildman–Crippen MR) is 109 cm³/mol. The minimum Gasteiger partial charge on any atom is -0.392 e. The molecule has 0 unspecified atom stereocenters. The van der Waals surface area contributed by atoms with Gasteiger partial charge in [-0.3, -0.25) is 4.79 Å². The summed E-state index contributed by atoms with van der Waals surface area (Å²) < 4.78 is 6.13. The maximum absolute atomic E-state index is 12.1. The van der Waals surface area contributed by atoms with Gasteiger partial charge in [-0.1, -0.05) is 42.0 Å². The van der Waals surface area contributed by atoms with E-state index in [4.69, 9.17) is 4.74 Å². The smallest absolute Gasteiger partial charge is 0.224 e. The molecule has 3 N–H and O–H groups in total. The summed E-state index contributed by atoms with van der Waals surface area (Å²) in [5, 5.41) is 15.8. The van der Waals surface area contributed by atoms with E-state index in [-0.39, 0.29) is 24.6 Å². The van der Waals surface area contributed by atoms with Gasteiger partial charge in [0.15, 0.2) is 0 Å². The molecule has 2 aliphatic heterocycles. The van der Waals surface area contributed by atoms with Crippen molar-refractivity contribution in [2.75, 3.05) is 18.5 Å². The van der Waals surface area contributed by atoms with Gasteiger partial charge in [0.1, 0.15) is 0 Å². The molecule has 1 amide bonds. The standard InChI is InChI=1S/C23H28N2O3/c1-14-4-3-5-17(10-14)22-18-8-9-28-23(18)19-11-16(6-7-20(19)25-22)12-21(27)24-13-15(2)26/h3-7,10-11,15,18,22-23,25-26H,8-9,12-13H2,1-2H3,(H,24,27)/t15-,18+,22+,23+/m0/s1. The third-order valence-corrected chi connectivity index (χ3v) is 5.66. The maximum atomic E-state index is 12.1. The summed E-state index contributed by atoms with van der Waals surface area (Å²) in [5.74, 6) is 0.305. The van der Waals surface area contributed by atoms with Crippen LogP contribution in [-0.2, 0) is 16.0 Å². The molecule has 2 aromatic carbocycles. The zero-order valence-corrected chi connectivity index (χ0v) is 16.4. The summed E-state index contributed by atoms with van der Waals surface area (Å²) in [7, 11) is 0. The second kappa shape index (κ2) is 7.94. The number of aryl methyl sites for hydroxylation is 1. The van der Waals surface area contributed by atoms with Gasteiger partial charge >= 0.3 is 0 Å². The van der Waals surface area contributed by atoms with Crippen LogP contribution in [0.15, 0.2) is 42.5 Å². The molecule has 5 heteroatoms. The molecule has 4 rings (SSSR count). The fraction of sp³-hybridized carbons (Fsp3) is 0.435. The van der Waals surface area contributed by atoms with E-state index >= 15 is 0 Å². The third kappa shape index (κ3) is 3.91. The second-order valence-corrected chi connectivity index (χ2v) is 8.03. The van der Waals surface area contributed by atoms with Gasteiger partial charge in [-0.2, -0.15) is 0 Å². The highest BCUT2D eigenvalue weighted by Gasteiger charge is 2.41. The number of amides is 1. The SMILES string of the molecule is Cc1cccc([C@H]2Nc3ccc(CC(=O)NC[C@H](C)O)cc3[C@@H]3OCC[C@H]23)c1. The Balaban J connectivity index is 1.57. The van der Waals surface area contributed by atoms with Crippen LogP contribution in [0.2, 0.25) is 0 Å². The lowest BCUT2D eigenvalue weighted by Crippen LogP contribution is -2.32. The number of ether oxygens (including phenoxy) is 1. The molecule has 0 aliphatic carbocycles. The van der Waals surface area contributed by atoms with Gasteiger partial charge in [0, 0.05) is 30.3 Å². The lowest BCUT2D eigenvalue weighted by atomic mass is 9.80. The number of carbonyl (C=O) groups excluding carboxylic acids is 1. The van der Waals surface area contributed by atoms with Crippen molar-refractivity contribution in [1.82, 2.24) is 5.32 Å². The van der Waals surface area contributed by atoms with Crippen molar-refractivity contribution in [1.29, 1.82) is 0 Å². The molecular weight excluding hydrogens is 352 g/mol. The molecule has 1 saturated heterocycles. The van der Waals surface area contributed by atoms with Crippen LogP contribution in [0.5, 0.6) is 0 Å². The number of rotatable bonds is 5. The average molecular weight is 380 g/mol. The molecular formula is C23H28N2O3. The molecule has 0 radical (unpaired) electrons. The molecule has 28 heavy (non-hydrogen) atoms. The molecule has 0 aromatic heterocycles. The molecule has 5 nitrogen and oxygen atoms in total. The molecule has 1 fully saturated rings. The lowest BCUT2D eigenvalue weighted by molar-refractivity contribution is -0.120. The van der Waals surface area contributed by atoms with Crippen LogP contribution >= 0.6 is 0 Å². The van der Waals surface area contributed by atoms with Crippen molar-refractivity contribution < 1.29 is 14.6 Å². The van der Waals surface area contributed by atoms with Crippen LogP contribution in [-0.4, -0.2) is 30.3 Å². The Kier molecular flexibility index (Phi) is 5.38. The van der Waals surface area contributed by atoms with E-state index in [1.165, 1.54) is 11.1 Å². The number of carbonyl (C=O) groups is 1. The first kappa shape index (κ1) is 19.0. The van der Waals surface area contributed by atoms with Crippen LogP contribution in [0.4, 0.5) is 5.69 Å². The predicted octanol–water partition coefficient (Wildman–Crippen LogP) is 3.28. The second-order valence-electron chi connectivity index (χ2n) is 8.03. The number of aliphatic hydroxyl groups is 1. The van der Waals surface area contributed by atoms with Gasteiger partial charge in [-0.25, -0.2) is 0 Å². The van der Waals surface area contributed by atoms with Crippen LogP contribution in [0.3, 0.4) is 0 Å². The Labute approximate surface area is 166 Å². The van der Waals surface area contributed by atoms with E-state index in [9.17, 15) is 9.90 Å². The first-order valence-electron chi connectivity index (χ1n) is 10.0. The van der Waals surface area contributed by atoms with Gasteiger partial charge in [0.05, 0.1) is 24.7 Å². The normalized spacial score (nSPS) is 24.0. The minimum atomic E-state index is -0.539. The van der Waals surface area contributed by atoms with Crippen LogP contribution in [0.1, 0.15) is 47.7 Å². The van der Waals surface area contributed by atoms with Crippen LogP contribution in [0, 0.1) is 12.8 Å². The van der Waals surface area contributed by atoms with Crippen molar-refractivity contribution in [3.05, 3.63) is 64.7 Å². The van der Waals surface area contributed by atoms with Gasteiger partial charge in [0.25, 0.3) is 0 Å². The topological polar surface area (TPSA) is 70.6 Å². The summed E-state index contributed by atoms with van der Waals surface area (Å²) in [6.07, 6.45) is 0.846. The fourth-order valence-electron chi connectivity index (χ4n) is 4.34. The minimum absolute atomic E-state index is 0.0576. The van der Waals surface area contributed by atoms with E-state index in [2.05, 4.69) is 54.0 Å². The third-order valence-electron chi connectivity index (χ3n) is 5.66. The largest absolute Gasteiger partial charge is 0.392 e. The summed E-state index contributed by atoms with van der Waals surface area (Å²) in [4.78, 5) is 12.1. The summed E-state index contributed by atoms with van der Waals surface area (Å²) in [6.45, 7) is 4.82. The van der Waals surface area contributed by atoms with Crippen molar-refractivity contribution >= 4 is 11.6 Å². The zero-order chi connectivity index (χ0) is 19.7. The van der Waals surface area contributed by atoms with Gasteiger partial charge in [-0.05, 0) is 37.5 Å². The first-order chi connectivity index (χ1) is 13.5. The van der Waals surface area contributed by atoms with E-state index in [0.29, 0.717) is 12.3 Å². The average Bonchev–Trinajstić information content (AvgIpc) is 3.16. The Bertz CT molecular complexity index is 865. The van der Waals surface area contributed by atoms with Crippen molar-refractivity contribution in [3.8, 4) is 0 Å². The molecule has 2 heterocycles. The number of hydrogen-bond donors (Lipinski definition) is 3. The Morgan fingerprint density at radius 2 is 2.18 bits per heavy atom. The van der Waals surface area contributed by atoms with E-state index < -0.39 is 6.10 Å². The van der Waals surface area contributed by atoms with Crippen LogP contribution < -0.4 is 10.6 Å². The maximum Gasteiger partial charge on any atom is 0.224 e. The van der Waals surface area contributed by atoms with Gasteiger partial charge < -0.3 is 20.5 Å². The first-order valence-corrected chi connectivity index (χ1v) is 10.0. The highest BCUT2D eigenvalue weighted by atomic mass is 16.5. The van der Waals surface area contributed by atoms with Crippen molar-refractivity contribution in [2.24, 2.45) is 5.92 Å². The van der Waals surface area contributed by atoms with Crippen molar-refractivity contribution in [3.63, 3.8) is 0 Å². The Morgan fingerprint density at radius 3 is 2.96 bits per heavy atom. The highest BCUT2D eigenvalue weighted by Crippen LogP contribution is 2.50. The van der Waals surface area contributed by atoms with E-state index in [1.54, 1.807) is 6.92 Å². The monoisotopic (exact) mass is 380 g/mol. The molecule has 0 saturated carbocycles. The van der Waals surface area contributed by atoms with E-state index in [0.717, 1.165) is 29.8 Å². The van der Waals surface area contributed by atoms with Crippen molar-refractivity contribution in [2.45, 2.75) is 44.9 Å². The summed E-state index contributed by atoms with van der Waals surface area (Å²) in [6, 6.07) is 15.1. The fourth-order valence-corrected chi connectivity index (χ4v) is 4.34. The number of fused-ring (bicyclic) bond motifs is 3. The number of hydrogen-bond acceptors (Lipinski definition) is 4. The number of aliphatic hydroxyl groups excluding tert-OH is 1. The van der Waals surface area contributed by atoms with Gasteiger partial charge in [0.2, 0.25) is 5.91 Å². The Morgan fingerprint density at radius 1 is 1.32 bits per heavy atom.